The van der Waals surface area contributed by atoms with Crippen molar-refractivity contribution in [1.29, 1.82) is 0 Å². The molecule has 0 radical (unpaired) electrons. The van der Waals surface area contributed by atoms with Crippen LogP contribution in [0.4, 0.5) is 5.69 Å². The first kappa shape index (κ1) is 22.9. The Hall–Kier alpha value is -3.06. The van der Waals surface area contributed by atoms with Crippen LogP contribution in [0.25, 0.3) is 16.8 Å². The highest BCUT2D eigenvalue weighted by Crippen LogP contribution is 2.46. The summed E-state index contributed by atoms with van der Waals surface area (Å²) in [5.74, 6) is 1.41. The quantitative estimate of drug-likeness (QED) is 0.341. The summed E-state index contributed by atoms with van der Waals surface area (Å²) >= 11 is 0. The van der Waals surface area contributed by atoms with Crippen molar-refractivity contribution >= 4 is 22.5 Å². The Morgan fingerprint density at radius 3 is 2.34 bits per heavy atom. The second kappa shape index (κ2) is 9.30. The van der Waals surface area contributed by atoms with Gasteiger partial charge in [0, 0.05) is 17.4 Å². The summed E-state index contributed by atoms with van der Waals surface area (Å²) in [7, 11) is 0. The number of fused-ring (bicyclic) bond motifs is 9. The van der Waals surface area contributed by atoms with E-state index in [9.17, 15) is 0 Å². The van der Waals surface area contributed by atoms with Gasteiger partial charge in [-0.25, -0.2) is 0 Å². The maximum absolute atomic E-state index is 2.77. The van der Waals surface area contributed by atoms with E-state index in [2.05, 4.69) is 77.7 Å². The van der Waals surface area contributed by atoms with Gasteiger partial charge < -0.3 is 4.90 Å². The lowest BCUT2D eigenvalue weighted by molar-refractivity contribution is 0.442. The second-order valence-electron chi connectivity index (χ2n) is 12.5. The Labute approximate surface area is 227 Å². The highest BCUT2D eigenvalue weighted by molar-refractivity contribution is 5.94. The first-order chi connectivity index (χ1) is 18.8. The fourth-order valence-corrected chi connectivity index (χ4v) is 8.68. The SMILES string of the molecule is C1=CC2=C(CC1)N(c1ccc(C3CCc4c(c5c(c6ccccc46)CCC=C5)C3)cc1)C1CCCCC2C1. The maximum atomic E-state index is 2.77. The average Bonchev–Trinajstić information content (AvgIpc) is 3.20. The molecule has 4 aliphatic carbocycles. The summed E-state index contributed by atoms with van der Waals surface area (Å²) in [5, 5.41) is 3.02. The number of hydrogen-bond donors (Lipinski definition) is 0. The molecule has 0 aromatic heterocycles. The van der Waals surface area contributed by atoms with Crippen LogP contribution in [0, 0.1) is 5.92 Å². The zero-order valence-electron chi connectivity index (χ0n) is 22.6. The summed E-state index contributed by atoms with van der Waals surface area (Å²) in [6, 6.07) is 19.8. The fourth-order valence-electron chi connectivity index (χ4n) is 8.68. The van der Waals surface area contributed by atoms with Gasteiger partial charge in [0.1, 0.15) is 0 Å². The van der Waals surface area contributed by atoms with Crippen LogP contribution in [0.5, 0.6) is 0 Å². The van der Waals surface area contributed by atoms with E-state index in [1.165, 1.54) is 99.1 Å². The van der Waals surface area contributed by atoms with E-state index in [0.29, 0.717) is 12.0 Å². The van der Waals surface area contributed by atoms with Gasteiger partial charge in [-0.1, -0.05) is 73.5 Å². The first-order valence-corrected chi connectivity index (χ1v) is 15.4. The Kier molecular flexibility index (Phi) is 5.60. The van der Waals surface area contributed by atoms with E-state index in [1.54, 1.807) is 33.5 Å². The van der Waals surface area contributed by atoms with Crippen LogP contribution in [0.3, 0.4) is 0 Å². The van der Waals surface area contributed by atoms with E-state index >= 15 is 0 Å². The highest BCUT2D eigenvalue weighted by atomic mass is 15.2. The molecule has 0 amide bonds. The monoisotopic (exact) mass is 497 g/mol. The third-order valence-corrected chi connectivity index (χ3v) is 10.4. The van der Waals surface area contributed by atoms with Crippen LogP contribution in [0.15, 0.2) is 78.0 Å². The third-order valence-electron chi connectivity index (χ3n) is 10.4. The van der Waals surface area contributed by atoms with Crippen molar-refractivity contribution in [2.75, 3.05) is 4.90 Å². The predicted molar refractivity (Wildman–Crippen MR) is 161 cm³/mol. The average molecular weight is 498 g/mol. The molecule has 1 heteroatoms. The van der Waals surface area contributed by atoms with Crippen molar-refractivity contribution in [2.24, 2.45) is 5.92 Å². The second-order valence-corrected chi connectivity index (χ2v) is 12.5. The molecule has 3 aromatic carbocycles. The van der Waals surface area contributed by atoms with Crippen molar-refractivity contribution in [3.05, 3.63) is 106 Å². The summed E-state index contributed by atoms with van der Waals surface area (Å²) < 4.78 is 0. The van der Waals surface area contributed by atoms with Crippen LogP contribution < -0.4 is 4.90 Å². The minimum absolute atomic E-state index is 0.619. The lowest BCUT2D eigenvalue weighted by Gasteiger charge is -2.44. The van der Waals surface area contributed by atoms with E-state index in [1.807, 2.05) is 0 Å². The first-order valence-electron chi connectivity index (χ1n) is 15.4. The Morgan fingerprint density at radius 2 is 1.45 bits per heavy atom. The lowest BCUT2D eigenvalue weighted by atomic mass is 9.74. The van der Waals surface area contributed by atoms with Crippen LogP contribution in [-0.2, 0) is 19.3 Å². The van der Waals surface area contributed by atoms with Crippen LogP contribution in [-0.4, -0.2) is 6.04 Å². The fraction of sp³-hybridized carbons (Fsp3) is 0.405. The van der Waals surface area contributed by atoms with Crippen molar-refractivity contribution in [1.82, 2.24) is 0 Å². The largest absolute Gasteiger partial charge is 0.342 e. The van der Waals surface area contributed by atoms with Gasteiger partial charge in [-0.2, -0.15) is 0 Å². The van der Waals surface area contributed by atoms with Gasteiger partial charge in [-0.15, -0.1) is 0 Å². The van der Waals surface area contributed by atoms with Gasteiger partial charge in [0.15, 0.2) is 0 Å². The zero-order valence-corrected chi connectivity index (χ0v) is 22.6. The number of nitrogens with zero attached hydrogens (tertiary/aromatic N) is 1. The number of anilines is 1. The molecule has 2 bridgehead atoms. The van der Waals surface area contributed by atoms with Crippen molar-refractivity contribution in [2.45, 2.75) is 89.0 Å². The Balaban J connectivity index is 1.13. The molecule has 1 saturated carbocycles. The van der Waals surface area contributed by atoms with Crippen molar-refractivity contribution in [3.8, 4) is 0 Å². The van der Waals surface area contributed by atoms with Gasteiger partial charge in [0.05, 0.1) is 0 Å². The van der Waals surface area contributed by atoms with E-state index in [0.717, 1.165) is 5.92 Å². The summed E-state index contributed by atoms with van der Waals surface area (Å²) in [6.45, 7) is 0. The topological polar surface area (TPSA) is 3.24 Å². The zero-order chi connectivity index (χ0) is 25.1. The Morgan fingerprint density at radius 1 is 0.658 bits per heavy atom. The minimum Gasteiger partial charge on any atom is -0.342 e. The number of hydrogen-bond acceptors (Lipinski definition) is 1. The molecule has 0 N–H and O–H groups in total. The highest BCUT2D eigenvalue weighted by Gasteiger charge is 2.36. The standard InChI is InChI=1S/C37H39N/c1-2-10-29-23-27(9-1)30-11-7-8-16-37(30)38(29)28-20-17-25(18-21-28)26-19-22-35-33-14-4-3-12-31(33)32-13-5-6-15-34(32)36(35)24-26/h3-4,6-7,11-12,14-15,17-18,20-21,26-27,29H,1-2,5,8-10,13,16,19,22-24H2. The van der Waals surface area contributed by atoms with Crippen LogP contribution >= 0.6 is 0 Å². The molecule has 1 nitrogen and oxygen atoms in total. The molecule has 1 fully saturated rings. The molecule has 1 aliphatic heterocycles. The summed E-state index contributed by atoms with van der Waals surface area (Å²) in [4.78, 5) is 2.77. The molecule has 192 valence electrons. The molecule has 0 saturated heterocycles. The van der Waals surface area contributed by atoms with Gasteiger partial charge in [0.25, 0.3) is 0 Å². The van der Waals surface area contributed by atoms with Gasteiger partial charge in [-0.3, -0.25) is 0 Å². The van der Waals surface area contributed by atoms with E-state index in [-0.39, 0.29) is 0 Å². The number of allylic oxidation sites excluding steroid dienone is 5. The van der Waals surface area contributed by atoms with Crippen LogP contribution in [0.2, 0.25) is 0 Å². The minimum atomic E-state index is 0.619. The number of rotatable bonds is 2. The molecule has 3 unspecified atom stereocenters. The van der Waals surface area contributed by atoms with Gasteiger partial charge in [0.2, 0.25) is 0 Å². The summed E-state index contributed by atoms with van der Waals surface area (Å²) in [5.41, 5.74) is 12.7. The van der Waals surface area contributed by atoms with Crippen molar-refractivity contribution < 1.29 is 0 Å². The molecule has 8 rings (SSSR count). The predicted octanol–water partition coefficient (Wildman–Crippen LogP) is 9.44. The maximum Gasteiger partial charge on any atom is 0.0411 e. The normalized spacial score (nSPS) is 26.1. The Bertz CT molecular complexity index is 1480. The molecule has 0 spiro atoms. The molecule has 3 atom stereocenters. The van der Waals surface area contributed by atoms with Gasteiger partial charge >= 0.3 is 0 Å². The van der Waals surface area contributed by atoms with Gasteiger partial charge in [-0.05, 0) is 132 Å². The number of aryl methyl sites for hydroxylation is 2. The van der Waals surface area contributed by atoms with Crippen LogP contribution in [0.1, 0.15) is 91.5 Å². The molecular weight excluding hydrogens is 458 g/mol. The summed E-state index contributed by atoms with van der Waals surface area (Å²) in [6.07, 6.45) is 25.0. The smallest absolute Gasteiger partial charge is 0.0411 e. The lowest BCUT2D eigenvalue weighted by Crippen LogP contribution is -2.41. The molecule has 3 aromatic rings. The van der Waals surface area contributed by atoms with E-state index in [4.69, 9.17) is 0 Å². The van der Waals surface area contributed by atoms with E-state index < -0.39 is 0 Å². The molecule has 5 aliphatic rings. The third kappa shape index (κ3) is 3.65. The molecule has 38 heavy (non-hydrogen) atoms. The van der Waals surface area contributed by atoms with Crippen molar-refractivity contribution in [3.63, 3.8) is 0 Å². The molecule has 1 heterocycles. The molecular formula is C37H39N. The number of benzene rings is 3.